The van der Waals surface area contributed by atoms with Gasteiger partial charge < -0.3 is 14.6 Å². The van der Waals surface area contributed by atoms with Gasteiger partial charge in [0.25, 0.3) is 0 Å². The molecule has 2 aromatic rings. The zero-order chi connectivity index (χ0) is 15.2. The molecule has 21 heavy (non-hydrogen) atoms. The molecule has 1 N–H and O–H groups in total. The molecule has 2 rings (SSSR count). The maximum Gasteiger partial charge on any atom is 0.129 e. The summed E-state index contributed by atoms with van der Waals surface area (Å²) in [7, 11) is 1.67. The fourth-order valence-corrected chi connectivity index (χ4v) is 2.42. The first-order valence-corrected chi connectivity index (χ1v) is 7.55. The highest BCUT2D eigenvalue weighted by molar-refractivity contribution is 9.10. The van der Waals surface area contributed by atoms with Crippen molar-refractivity contribution < 1.29 is 9.13 Å². The summed E-state index contributed by atoms with van der Waals surface area (Å²) in [5.41, 5.74) is 1.68. The summed E-state index contributed by atoms with van der Waals surface area (Å²) < 4.78 is 21.7. The molecule has 0 atom stereocenters. The number of nitrogens with one attached hydrogen (secondary N) is 1. The van der Waals surface area contributed by atoms with Crippen molar-refractivity contribution in [3.05, 3.63) is 51.8 Å². The Hall–Kier alpha value is -1.24. The predicted molar refractivity (Wildman–Crippen MR) is 83.7 cm³/mol. The lowest BCUT2D eigenvalue weighted by atomic mass is 10.2. The Morgan fingerprint density at radius 3 is 2.95 bits per heavy atom. The Morgan fingerprint density at radius 2 is 2.24 bits per heavy atom. The van der Waals surface area contributed by atoms with E-state index in [-0.39, 0.29) is 5.82 Å². The first-order valence-electron chi connectivity index (χ1n) is 6.76. The third kappa shape index (κ3) is 4.36. The van der Waals surface area contributed by atoms with E-state index in [1.807, 2.05) is 23.8 Å². The molecule has 1 aromatic carbocycles. The normalized spacial score (nSPS) is 11.0. The van der Waals surface area contributed by atoms with Gasteiger partial charge in [-0.3, -0.25) is 0 Å². The van der Waals surface area contributed by atoms with Crippen LogP contribution in [0, 0.1) is 12.7 Å². The molecule has 0 unspecified atom stereocenters. The SMILES string of the molecule is COCCNCc1cnc(C)n1Cc1ccc(Br)cc1F. The highest BCUT2D eigenvalue weighted by Gasteiger charge is 2.10. The van der Waals surface area contributed by atoms with Crippen LogP contribution in [-0.2, 0) is 17.8 Å². The maximum atomic E-state index is 14.0. The van der Waals surface area contributed by atoms with Gasteiger partial charge in [0.15, 0.2) is 0 Å². The van der Waals surface area contributed by atoms with E-state index in [2.05, 4.69) is 26.2 Å². The summed E-state index contributed by atoms with van der Waals surface area (Å²) in [6.45, 7) is 4.52. The van der Waals surface area contributed by atoms with Crippen LogP contribution in [0.1, 0.15) is 17.1 Å². The Morgan fingerprint density at radius 1 is 1.43 bits per heavy atom. The molecule has 0 aliphatic rings. The first kappa shape index (κ1) is 16.1. The van der Waals surface area contributed by atoms with Crippen molar-refractivity contribution >= 4 is 15.9 Å². The quantitative estimate of drug-likeness (QED) is 0.776. The minimum absolute atomic E-state index is 0.212. The highest BCUT2D eigenvalue weighted by Crippen LogP contribution is 2.17. The molecule has 0 amide bonds. The largest absolute Gasteiger partial charge is 0.383 e. The average molecular weight is 356 g/mol. The summed E-state index contributed by atoms with van der Waals surface area (Å²) in [5, 5.41) is 3.28. The first-order chi connectivity index (χ1) is 10.1. The Kier molecular flexibility index (Phi) is 5.90. The van der Waals surface area contributed by atoms with E-state index in [1.54, 1.807) is 13.2 Å². The van der Waals surface area contributed by atoms with Crippen LogP contribution < -0.4 is 5.32 Å². The van der Waals surface area contributed by atoms with Crippen molar-refractivity contribution in [2.24, 2.45) is 0 Å². The summed E-state index contributed by atoms with van der Waals surface area (Å²) in [5.74, 6) is 0.664. The van der Waals surface area contributed by atoms with E-state index in [0.29, 0.717) is 25.3 Å². The topological polar surface area (TPSA) is 39.1 Å². The van der Waals surface area contributed by atoms with E-state index >= 15 is 0 Å². The molecular weight excluding hydrogens is 337 g/mol. The number of rotatable bonds is 7. The third-order valence-corrected chi connectivity index (χ3v) is 3.76. The summed E-state index contributed by atoms with van der Waals surface area (Å²) in [6, 6.07) is 5.13. The molecule has 0 radical (unpaired) electrons. The molecule has 6 heteroatoms. The van der Waals surface area contributed by atoms with Gasteiger partial charge in [0.2, 0.25) is 0 Å². The van der Waals surface area contributed by atoms with E-state index in [4.69, 9.17) is 4.74 Å². The number of ether oxygens (including phenoxy) is 1. The lowest BCUT2D eigenvalue weighted by Crippen LogP contribution is -2.21. The van der Waals surface area contributed by atoms with Gasteiger partial charge in [-0.25, -0.2) is 9.37 Å². The predicted octanol–water partition coefficient (Wildman–Crippen LogP) is 2.88. The van der Waals surface area contributed by atoms with Crippen LogP contribution >= 0.6 is 15.9 Å². The summed E-state index contributed by atoms with van der Waals surface area (Å²) >= 11 is 3.27. The van der Waals surface area contributed by atoms with Gasteiger partial charge in [-0.05, 0) is 19.1 Å². The molecule has 4 nitrogen and oxygen atoms in total. The van der Waals surface area contributed by atoms with Gasteiger partial charge >= 0.3 is 0 Å². The number of methoxy groups -OCH3 is 1. The fourth-order valence-electron chi connectivity index (χ4n) is 2.08. The Bertz CT molecular complexity index is 601. The van der Waals surface area contributed by atoms with Gasteiger partial charge in [-0.15, -0.1) is 0 Å². The van der Waals surface area contributed by atoms with E-state index < -0.39 is 0 Å². The van der Waals surface area contributed by atoms with Gasteiger partial charge in [0.1, 0.15) is 11.6 Å². The fraction of sp³-hybridized carbons (Fsp3) is 0.400. The van der Waals surface area contributed by atoms with Crippen molar-refractivity contribution in [2.75, 3.05) is 20.3 Å². The van der Waals surface area contributed by atoms with Crippen molar-refractivity contribution in [1.82, 2.24) is 14.9 Å². The molecular formula is C15H19BrFN3O. The number of imidazole rings is 1. The molecule has 0 bridgehead atoms. The highest BCUT2D eigenvalue weighted by atomic mass is 79.9. The minimum atomic E-state index is -0.212. The van der Waals surface area contributed by atoms with Crippen LogP contribution in [0.3, 0.4) is 0 Å². The van der Waals surface area contributed by atoms with E-state index in [9.17, 15) is 4.39 Å². The van der Waals surface area contributed by atoms with Crippen LogP contribution in [0.5, 0.6) is 0 Å². The van der Waals surface area contributed by atoms with Crippen LogP contribution in [0.4, 0.5) is 4.39 Å². The zero-order valence-electron chi connectivity index (χ0n) is 12.2. The summed E-state index contributed by atoms with van der Waals surface area (Å²) in [6.07, 6.45) is 1.83. The summed E-state index contributed by atoms with van der Waals surface area (Å²) in [4.78, 5) is 4.32. The van der Waals surface area contributed by atoms with E-state index in [0.717, 1.165) is 22.5 Å². The molecule has 0 aliphatic heterocycles. The minimum Gasteiger partial charge on any atom is -0.383 e. The number of aryl methyl sites for hydroxylation is 1. The Balaban J connectivity index is 2.10. The van der Waals surface area contributed by atoms with Crippen molar-refractivity contribution in [3.63, 3.8) is 0 Å². The van der Waals surface area contributed by atoms with Gasteiger partial charge in [0, 0.05) is 36.4 Å². The average Bonchev–Trinajstić information content (AvgIpc) is 2.79. The van der Waals surface area contributed by atoms with Crippen LogP contribution in [0.25, 0.3) is 0 Å². The molecule has 1 aromatic heterocycles. The number of hydrogen-bond donors (Lipinski definition) is 1. The van der Waals surface area contributed by atoms with Crippen molar-refractivity contribution in [2.45, 2.75) is 20.0 Å². The molecule has 1 heterocycles. The van der Waals surface area contributed by atoms with Crippen LogP contribution in [0.15, 0.2) is 28.9 Å². The number of halogens is 2. The standard InChI is InChI=1S/C15H19BrFN3O/c1-11-19-9-14(8-18-5-6-21-2)20(11)10-12-3-4-13(16)7-15(12)17/h3-4,7,9,18H,5-6,8,10H2,1-2H3. The second kappa shape index (κ2) is 7.68. The Labute approximate surface area is 132 Å². The maximum absolute atomic E-state index is 14.0. The van der Waals surface area contributed by atoms with Crippen LogP contribution in [0.2, 0.25) is 0 Å². The molecule has 0 spiro atoms. The smallest absolute Gasteiger partial charge is 0.129 e. The van der Waals surface area contributed by atoms with Gasteiger partial charge in [-0.2, -0.15) is 0 Å². The molecule has 0 aliphatic carbocycles. The van der Waals surface area contributed by atoms with Gasteiger partial charge in [0.05, 0.1) is 18.8 Å². The molecule has 0 saturated carbocycles. The molecule has 0 saturated heterocycles. The number of benzene rings is 1. The van der Waals surface area contributed by atoms with Crippen molar-refractivity contribution in [3.8, 4) is 0 Å². The third-order valence-electron chi connectivity index (χ3n) is 3.27. The lowest BCUT2D eigenvalue weighted by Gasteiger charge is -2.12. The van der Waals surface area contributed by atoms with Crippen LogP contribution in [-0.4, -0.2) is 29.8 Å². The van der Waals surface area contributed by atoms with E-state index in [1.165, 1.54) is 6.07 Å². The van der Waals surface area contributed by atoms with Gasteiger partial charge in [-0.1, -0.05) is 22.0 Å². The molecule has 0 fully saturated rings. The second-order valence-corrected chi connectivity index (χ2v) is 5.70. The van der Waals surface area contributed by atoms with Crippen molar-refractivity contribution in [1.29, 1.82) is 0 Å². The lowest BCUT2D eigenvalue weighted by molar-refractivity contribution is 0.199. The monoisotopic (exact) mass is 355 g/mol. The molecule has 114 valence electrons. The number of aromatic nitrogens is 2. The zero-order valence-corrected chi connectivity index (χ0v) is 13.8. The second-order valence-electron chi connectivity index (χ2n) is 4.79. The number of hydrogen-bond acceptors (Lipinski definition) is 3. The number of nitrogens with zero attached hydrogens (tertiary/aromatic N) is 2.